The van der Waals surface area contributed by atoms with E-state index in [0.717, 1.165) is 18.4 Å². The first-order chi connectivity index (χ1) is 12.1. The number of halogens is 2. The van der Waals surface area contributed by atoms with Crippen LogP contribution in [0.15, 0.2) is 46.9 Å². The molecular weight excluding hydrogens is 389 g/mol. The molecule has 1 aromatic heterocycles. The Labute approximate surface area is 151 Å². The Morgan fingerprint density at radius 1 is 1.20 bits per heavy atom. The maximum Gasteiger partial charge on any atom is 0.258 e. The number of rotatable bonds is 4. The summed E-state index contributed by atoms with van der Waals surface area (Å²) in [6.45, 7) is 0. The molecule has 0 radical (unpaired) electrons. The molecule has 25 heavy (non-hydrogen) atoms. The molecule has 0 atom stereocenters. The Balaban J connectivity index is 1.53. The number of carbonyl (C=O) groups excluding carboxylic acids is 1. The molecule has 1 fully saturated rings. The molecule has 1 saturated carbocycles. The average molecular weight is 402 g/mol. The lowest BCUT2D eigenvalue weighted by Gasteiger charge is -2.08. The minimum atomic E-state index is -0.569. The zero-order valence-electron chi connectivity index (χ0n) is 13.0. The van der Waals surface area contributed by atoms with Gasteiger partial charge in [-0.15, -0.1) is 5.10 Å². The van der Waals surface area contributed by atoms with E-state index >= 15 is 0 Å². The number of amides is 1. The van der Waals surface area contributed by atoms with Crippen LogP contribution in [-0.4, -0.2) is 26.1 Å². The number of tetrazole rings is 1. The van der Waals surface area contributed by atoms with E-state index in [1.165, 1.54) is 12.1 Å². The Bertz CT molecular complexity index is 936. The van der Waals surface area contributed by atoms with Crippen molar-refractivity contribution in [3.63, 3.8) is 0 Å². The van der Waals surface area contributed by atoms with E-state index in [4.69, 9.17) is 0 Å². The predicted molar refractivity (Wildman–Crippen MR) is 93.6 cm³/mol. The van der Waals surface area contributed by atoms with Gasteiger partial charge in [-0.1, -0.05) is 15.9 Å². The molecule has 0 unspecified atom stereocenters. The van der Waals surface area contributed by atoms with Gasteiger partial charge >= 0.3 is 0 Å². The number of benzene rings is 2. The molecule has 8 heteroatoms. The highest BCUT2D eigenvalue weighted by atomic mass is 79.9. The maximum absolute atomic E-state index is 13.8. The Morgan fingerprint density at radius 2 is 1.96 bits per heavy atom. The van der Waals surface area contributed by atoms with E-state index in [0.29, 0.717) is 22.0 Å². The van der Waals surface area contributed by atoms with Crippen molar-refractivity contribution in [3.05, 3.63) is 58.3 Å². The standard InChI is InChI=1S/C17H13BrFN5O/c18-11-3-8-15(19)14(9-11)17(25)20-12-4-1-10(2-5-12)16-21-22-23-24(16)13-6-7-13/h1-5,8-9,13H,6-7H2,(H,20,25). The first-order valence-corrected chi connectivity index (χ1v) is 8.56. The van der Waals surface area contributed by atoms with E-state index in [2.05, 4.69) is 36.8 Å². The van der Waals surface area contributed by atoms with Gasteiger partial charge in [0.2, 0.25) is 0 Å². The van der Waals surface area contributed by atoms with E-state index in [1.807, 2.05) is 16.8 Å². The average Bonchev–Trinajstić information content (AvgIpc) is 3.34. The minimum Gasteiger partial charge on any atom is -0.322 e. The van der Waals surface area contributed by atoms with Gasteiger partial charge in [-0.3, -0.25) is 4.79 Å². The van der Waals surface area contributed by atoms with E-state index < -0.39 is 11.7 Å². The zero-order chi connectivity index (χ0) is 17.4. The molecule has 6 nitrogen and oxygen atoms in total. The molecule has 1 N–H and O–H groups in total. The lowest BCUT2D eigenvalue weighted by molar-refractivity contribution is 0.102. The van der Waals surface area contributed by atoms with Crippen molar-refractivity contribution in [2.45, 2.75) is 18.9 Å². The molecule has 126 valence electrons. The van der Waals surface area contributed by atoms with E-state index in [-0.39, 0.29) is 5.56 Å². The van der Waals surface area contributed by atoms with Crippen LogP contribution < -0.4 is 5.32 Å². The number of hydrogen-bond acceptors (Lipinski definition) is 4. The summed E-state index contributed by atoms with van der Waals surface area (Å²) in [7, 11) is 0. The highest BCUT2D eigenvalue weighted by Crippen LogP contribution is 2.36. The molecular formula is C17H13BrFN5O. The van der Waals surface area contributed by atoms with Gasteiger partial charge in [0.1, 0.15) is 5.82 Å². The number of aromatic nitrogens is 4. The fraction of sp³-hybridized carbons (Fsp3) is 0.176. The number of nitrogens with one attached hydrogen (secondary N) is 1. The minimum absolute atomic E-state index is 0.0175. The lowest BCUT2D eigenvalue weighted by atomic mass is 10.1. The van der Waals surface area contributed by atoms with Crippen molar-refractivity contribution < 1.29 is 9.18 Å². The molecule has 1 aliphatic carbocycles. The van der Waals surface area contributed by atoms with Gasteiger partial charge in [-0.05, 0) is 65.7 Å². The quantitative estimate of drug-likeness (QED) is 0.720. The van der Waals surface area contributed by atoms with Crippen LogP contribution in [0.4, 0.5) is 10.1 Å². The number of nitrogens with zero attached hydrogens (tertiary/aromatic N) is 4. The van der Waals surface area contributed by atoms with Crippen molar-refractivity contribution in [2.75, 3.05) is 5.32 Å². The number of anilines is 1. The maximum atomic E-state index is 13.8. The van der Waals surface area contributed by atoms with Gasteiger partial charge in [0.05, 0.1) is 11.6 Å². The van der Waals surface area contributed by atoms with Crippen molar-refractivity contribution in [2.24, 2.45) is 0 Å². The van der Waals surface area contributed by atoms with Crippen LogP contribution in [0.25, 0.3) is 11.4 Å². The van der Waals surface area contributed by atoms with Crippen LogP contribution >= 0.6 is 15.9 Å². The smallest absolute Gasteiger partial charge is 0.258 e. The van der Waals surface area contributed by atoms with Gasteiger partial charge in [0.25, 0.3) is 5.91 Å². The van der Waals surface area contributed by atoms with Crippen molar-refractivity contribution >= 4 is 27.5 Å². The monoisotopic (exact) mass is 401 g/mol. The molecule has 0 aliphatic heterocycles. The summed E-state index contributed by atoms with van der Waals surface area (Å²) in [6, 6.07) is 11.8. The Morgan fingerprint density at radius 3 is 2.68 bits per heavy atom. The summed E-state index contributed by atoms with van der Waals surface area (Å²) in [6.07, 6.45) is 2.18. The van der Waals surface area contributed by atoms with E-state index in [9.17, 15) is 9.18 Å². The van der Waals surface area contributed by atoms with Crippen molar-refractivity contribution in [1.29, 1.82) is 0 Å². The fourth-order valence-corrected chi connectivity index (χ4v) is 2.88. The predicted octanol–water partition coefficient (Wildman–Crippen LogP) is 3.83. The second kappa shape index (κ2) is 6.36. The summed E-state index contributed by atoms with van der Waals surface area (Å²) in [5, 5.41) is 14.5. The van der Waals surface area contributed by atoms with Gasteiger partial charge < -0.3 is 5.32 Å². The first kappa shape index (κ1) is 15.9. The lowest BCUT2D eigenvalue weighted by Crippen LogP contribution is -2.13. The molecule has 0 spiro atoms. The summed E-state index contributed by atoms with van der Waals surface area (Å²) in [5.74, 6) is -0.367. The van der Waals surface area contributed by atoms with Crippen LogP contribution in [0.5, 0.6) is 0 Å². The SMILES string of the molecule is O=C(Nc1ccc(-c2nnnn2C2CC2)cc1)c1cc(Br)ccc1F. The largest absolute Gasteiger partial charge is 0.322 e. The first-order valence-electron chi connectivity index (χ1n) is 7.76. The molecule has 1 aliphatic rings. The fourth-order valence-electron chi connectivity index (χ4n) is 2.52. The molecule has 0 bridgehead atoms. The van der Waals surface area contributed by atoms with Crippen molar-refractivity contribution in [1.82, 2.24) is 20.2 Å². The molecule has 1 amide bonds. The molecule has 3 aromatic rings. The highest BCUT2D eigenvalue weighted by Gasteiger charge is 2.28. The summed E-state index contributed by atoms with van der Waals surface area (Å²) < 4.78 is 16.3. The molecule has 4 rings (SSSR count). The zero-order valence-corrected chi connectivity index (χ0v) is 14.6. The van der Waals surface area contributed by atoms with Crippen LogP contribution in [0.2, 0.25) is 0 Å². The molecule has 2 aromatic carbocycles. The van der Waals surface area contributed by atoms with Gasteiger partial charge in [0, 0.05) is 15.7 Å². The van der Waals surface area contributed by atoms with Gasteiger partial charge in [-0.25, -0.2) is 9.07 Å². The second-order valence-electron chi connectivity index (χ2n) is 5.83. The second-order valence-corrected chi connectivity index (χ2v) is 6.75. The van der Waals surface area contributed by atoms with E-state index in [1.54, 1.807) is 18.2 Å². The molecule has 1 heterocycles. The van der Waals surface area contributed by atoms with Crippen LogP contribution in [0, 0.1) is 5.82 Å². The Hall–Kier alpha value is -2.61. The summed E-state index contributed by atoms with van der Waals surface area (Å²) in [5.41, 5.74) is 1.42. The van der Waals surface area contributed by atoms with Crippen LogP contribution in [0.1, 0.15) is 29.2 Å². The summed E-state index contributed by atoms with van der Waals surface area (Å²) in [4.78, 5) is 12.2. The molecule has 0 saturated heterocycles. The third kappa shape index (κ3) is 3.30. The highest BCUT2D eigenvalue weighted by molar-refractivity contribution is 9.10. The van der Waals surface area contributed by atoms with Crippen molar-refractivity contribution in [3.8, 4) is 11.4 Å². The topological polar surface area (TPSA) is 72.7 Å². The van der Waals surface area contributed by atoms with Crippen LogP contribution in [-0.2, 0) is 0 Å². The van der Waals surface area contributed by atoms with Gasteiger partial charge in [0.15, 0.2) is 5.82 Å². The third-order valence-corrected chi connectivity index (χ3v) is 4.45. The number of hydrogen-bond donors (Lipinski definition) is 1. The third-order valence-electron chi connectivity index (χ3n) is 3.96. The summed E-state index contributed by atoms with van der Waals surface area (Å²) >= 11 is 3.24. The van der Waals surface area contributed by atoms with Gasteiger partial charge in [-0.2, -0.15) is 0 Å². The normalized spacial score (nSPS) is 13.7. The van der Waals surface area contributed by atoms with Crippen LogP contribution in [0.3, 0.4) is 0 Å². The number of carbonyl (C=O) groups is 1. The Kier molecular flexibility index (Phi) is 4.04.